The van der Waals surface area contributed by atoms with E-state index in [9.17, 15) is 18.0 Å². The monoisotopic (exact) mass is 480 g/mol. The number of nitrogens with one attached hydrogen (secondary N) is 1. The van der Waals surface area contributed by atoms with Crippen molar-refractivity contribution in [2.45, 2.75) is 25.5 Å². The van der Waals surface area contributed by atoms with Crippen molar-refractivity contribution >= 4 is 38.3 Å². The SMILES string of the molecule is CS(=O)(=O)CCC(NC(=O)OCc1ccccc1)C(=O)N1CCCN(c2nccs2)CC1. The molecule has 1 fully saturated rings. The van der Waals surface area contributed by atoms with Gasteiger partial charge in [-0.2, -0.15) is 0 Å². The summed E-state index contributed by atoms with van der Waals surface area (Å²) < 4.78 is 28.6. The second-order valence-electron chi connectivity index (χ2n) is 7.66. The molecule has 1 aliphatic rings. The molecule has 2 heterocycles. The molecule has 1 N–H and O–H groups in total. The molecule has 1 saturated heterocycles. The Kier molecular flexibility index (Phi) is 8.46. The van der Waals surface area contributed by atoms with E-state index >= 15 is 0 Å². The molecule has 0 radical (unpaired) electrons. The first-order valence-electron chi connectivity index (χ1n) is 10.4. The molecule has 0 bridgehead atoms. The van der Waals surface area contributed by atoms with Crippen molar-refractivity contribution in [3.8, 4) is 0 Å². The molecule has 0 spiro atoms. The van der Waals surface area contributed by atoms with Crippen molar-refractivity contribution in [1.82, 2.24) is 15.2 Å². The summed E-state index contributed by atoms with van der Waals surface area (Å²) in [6, 6.07) is 8.21. The van der Waals surface area contributed by atoms with Gasteiger partial charge in [0.2, 0.25) is 5.91 Å². The molecule has 0 aliphatic carbocycles. The van der Waals surface area contributed by atoms with Crippen molar-refractivity contribution in [3.05, 3.63) is 47.5 Å². The van der Waals surface area contributed by atoms with Gasteiger partial charge in [0, 0.05) is 44.0 Å². The van der Waals surface area contributed by atoms with Gasteiger partial charge in [-0.05, 0) is 18.4 Å². The lowest BCUT2D eigenvalue weighted by Gasteiger charge is -2.26. The zero-order valence-corrected chi connectivity index (χ0v) is 19.6. The topological polar surface area (TPSA) is 109 Å². The van der Waals surface area contributed by atoms with Gasteiger partial charge >= 0.3 is 6.09 Å². The maximum Gasteiger partial charge on any atom is 0.408 e. The minimum Gasteiger partial charge on any atom is -0.445 e. The van der Waals surface area contributed by atoms with E-state index in [4.69, 9.17) is 4.74 Å². The number of carbonyl (C=O) groups is 2. The Hall–Kier alpha value is -2.66. The second-order valence-corrected chi connectivity index (χ2v) is 10.8. The predicted octanol–water partition coefficient (Wildman–Crippen LogP) is 1.91. The Labute approximate surface area is 192 Å². The Morgan fingerprint density at radius 2 is 1.97 bits per heavy atom. The lowest BCUT2D eigenvalue weighted by Crippen LogP contribution is -2.50. The fraction of sp³-hybridized carbons (Fsp3) is 0.476. The van der Waals surface area contributed by atoms with Gasteiger partial charge in [-0.15, -0.1) is 11.3 Å². The van der Waals surface area contributed by atoms with E-state index in [1.807, 2.05) is 35.7 Å². The van der Waals surface area contributed by atoms with E-state index in [1.54, 1.807) is 22.4 Å². The molecule has 2 aromatic rings. The van der Waals surface area contributed by atoms with E-state index in [2.05, 4.69) is 15.2 Å². The third kappa shape index (κ3) is 7.49. The number of amides is 2. The minimum absolute atomic E-state index is 0.00913. The third-order valence-electron chi connectivity index (χ3n) is 5.08. The van der Waals surface area contributed by atoms with Crippen molar-refractivity contribution in [3.63, 3.8) is 0 Å². The van der Waals surface area contributed by atoms with Gasteiger partial charge in [0.25, 0.3) is 0 Å². The number of rotatable bonds is 8. The number of nitrogens with zero attached hydrogens (tertiary/aromatic N) is 3. The first kappa shape index (κ1) is 24.0. The highest BCUT2D eigenvalue weighted by Gasteiger charge is 2.29. The number of hydrogen-bond donors (Lipinski definition) is 1. The number of ether oxygens (including phenoxy) is 1. The predicted molar refractivity (Wildman–Crippen MR) is 123 cm³/mol. The van der Waals surface area contributed by atoms with Crippen LogP contribution < -0.4 is 10.2 Å². The third-order valence-corrected chi connectivity index (χ3v) is 6.89. The summed E-state index contributed by atoms with van der Waals surface area (Å²) in [5.74, 6) is -0.507. The first-order chi connectivity index (χ1) is 15.3. The molecule has 0 saturated carbocycles. The number of alkyl carbamates (subject to hydrolysis) is 1. The van der Waals surface area contributed by atoms with Crippen LogP contribution in [0.25, 0.3) is 0 Å². The lowest BCUT2D eigenvalue weighted by molar-refractivity contribution is -0.133. The number of aromatic nitrogens is 1. The highest BCUT2D eigenvalue weighted by Crippen LogP contribution is 2.19. The molecule has 174 valence electrons. The molecular weight excluding hydrogens is 452 g/mol. The van der Waals surface area contributed by atoms with Crippen LogP contribution in [0.2, 0.25) is 0 Å². The van der Waals surface area contributed by atoms with Gasteiger partial charge in [0.1, 0.15) is 22.5 Å². The summed E-state index contributed by atoms with van der Waals surface area (Å²) in [5.41, 5.74) is 0.816. The first-order valence-corrected chi connectivity index (χ1v) is 13.3. The van der Waals surface area contributed by atoms with Gasteiger partial charge in [0.15, 0.2) is 5.13 Å². The van der Waals surface area contributed by atoms with Crippen LogP contribution in [-0.2, 0) is 26.0 Å². The molecule has 32 heavy (non-hydrogen) atoms. The molecule has 1 unspecified atom stereocenters. The number of sulfone groups is 1. The summed E-state index contributed by atoms with van der Waals surface area (Å²) in [6.07, 6.45) is 2.85. The van der Waals surface area contributed by atoms with Gasteiger partial charge < -0.3 is 19.9 Å². The summed E-state index contributed by atoms with van der Waals surface area (Å²) in [4.78, 5) is 33.7. The largest absolute Gasteiger partial charge is 0.445 e. The Balaban J connectivity index is 1.61. The van der Waals surface area contributed by atoms with Crippen LogP contribution >= 0.6 is 11.3 Å². The summed E-state index contributed by atoms with van der Waals surface area (Å²) in [5, 5.41) is 5.40. The summed E-state index contributed by atoms with van der Waals surface area (Å²) in [7, 11) is -3.30. The molecule has 9 nitrogen and oxygen atoms in total. The van der Waals surface area contributed by atoms with E-state index in [-0.39, 0.29) is 24.7 Å². The van der Waals surface area contributed by atoms with Crippen LogP contribution in [0.1, 0.15) is 18.4 Å². The molecule has 1 aliphatic heterocycles. The minimum atomic E-state index is -3.30. The Morgan fingerprint density at radius 1 is 1.19 bits per heavy atom. The molecule has 3 rings (SSSR count). The molecule has 1 aromatic heterocycles. The number of hydrogen-bond acceptors (Lipinski definition) is 8. The van der Waals surface area contributed by atoms with E-state index < -0.39 is 22.0 Å². The van der Waals surface area contributed by atoms with Gasteiger partial charge in [0.05, 0.1) is 5.75 Å². The normalized spacial score (nSPS) is 15.7. The molecule has 11 heteroatoms. The number of anilines is 1. The highest BCUT2D eigenvalue weighted by atomic mass is 32.2. The zero-order chi connectivity index (χ0) is 23.0. The molecular formula is C21H28N4O5S2. The molecule has 1 atom stereocenters. The number of carbonyl (C=O) groups excluding carboxylic acids is 2. The maximum absolute atomic E-state index is 13.2. The van der Waals surface area contributed by atoms with Crippen molar-refractivity contribution in [1.29, 1.82) is 0 Å². The second kappa shape index (κ2) is 11.3. The van der Waals surface area contributed by atoms with Crippen LogP contribution in [-0.4, -0.2) is 74.5 Å². The quantitative estimate of drug-likeness (QED) is 0.615. The van der Waals surface area contributed by atoms with Gasteiger partial charge in [-0.1, -0.05) is 30.3 Å². The standard InChI is InChI=1S/C21H28N4O5S2/c1-32(28,29)15-8-18(23-21(27)30-16-17-6-3-2-4-7-17)19(26)24-10-5-11-25(13-12-24)20-22-9-14-31-20/h2-4,6-7,9,14,18H,5,8,10-13,15-16H2,1H3,(H,23,27). The number of benzene rings is 1. The zero-order valence-electron chi connectivity index (χ0n) is 18.0. The van der Waals surface area contributed by atoms with E-state index in [0.29, 0.717) is 19.6 Å². The smallest absolute Gasteiger partial charge is 0.408 e. The van der Waals surface area contributed by atoms with Crippen molar-refractivity contribution in [2.75, 3.05) is 43.1 Å². The Morgan fingerprint density at radius 3 is 2.66 bits per heavy atom. The summed E-state index contributed by atoms with van der Waals surface area (Å²) >= 11 is 1.55. The maximum atomic E-state index is 13.2. The average Bonchev–Trinajstić information content (AvgIpc) is 3.19. The van der Waals surface area contributed by atoms with E-state index in [0.717, 1.165) is 29.9 Å². The van der Waals surface area contributed by atoms with E-state index in [1.165, 1.54) is 0 Å². The van der Waals surface area contributed by atoms with Crippen molar-refractivity contribution < 1.29 is 22.7 Å². The number of thiazole rings is 1. The van der Waals surface area contributed by atoms with Crippen LogP contribution in [0.3, 0.4) is 0 Å². The van der Waals surface area contributed by atoms with Gasteiger partial charge in [-0.3, -0.25) is 4.79 Å². The Bertz CT molecular complexity index is 983. The summed E-state index contributed by atoms with van der Waals surface area (Å²) in [6.45, 7) is 2.45. The highest BCUT2D eigenvalue weighted by molar-refractivity contribution is 7.90. The van der Waals surface area contributed by atoms with Crippen molar-refractivity contribution in [2.24, 2.45) is 0 Å². The van der Waals surface area contributed by atoms with Gasteiger partial charge in [-0.25, -0.2) is 18.2 Å². The fourth-order valence-electron chi connectivity index (χ4n) is 3.42. The van der Waals surface area contributed by atoms with Crippen LogP contribution in [0, 0.1) is 0 Å². The van der Waals surface area contributed by atoms with Crippen LogP contribution in [0.5, 0.6) is 0 Å². The molecule has 1 aromatic carbocycles. The fourth-order valence-corrected chi connectivity index (χ4v) is 4.78. The molecule has 2 amide bonds. The van der Waals surface area contributed by atoms with Crippen LogP contribution in [0.15, 0.2) is 41.9 Å². The van der Waals surface area contributed by atoms with Crippen LogP contribution in [0.4, 0.5) is 9.93 Å². The lowest BCUT2D eigenvalue weighted by atomic mass is 10.2. The average molecular weight is 481 g/mol.